The van der Waals surface area contributed by atoms with Gasteiger partial charge in [-0.2, -0.15) is 0 Å². The zero-order valence-electron chi connectivity index (χ0n) is 7.65. The quantitative estimate of drug-likeness (QED) is 0.924. The fraction of sp³-hybridized carbons (Fsp3) is 0. The summed E-state index contributed by atoms with van der Waals surface area (Å²) in [6.45, 7) is 0. The Bertz CT molecular complexity index is 532. The van der Waals surface area contributed by atoms with Gasteiger partial charge in [0.25, 0.3) is 5.91 Å². The van der Waals surface area contributed by atoms with E-state index in [9.17, 15) is 4.79 Å². The van der Waals surface area contributed by atoms with Gasteiger partial charge < -0.3 is 0 Å². The molecule has 2 heterocycles. The molecule has 0 radical (unpaired) electrons. The summed E-state index contributed by atoms with van der Waals surface area (Å²) in [6, 6.07) is 0. The van der Waals surface area contributed by atoms with E-state index in [4.69, 9.17) is 11.6 Å². The SMILES string of the molecule is O=C(Nc1ncc(Br)s1)c1cncc(Cl)n1. The van der Waals surface area contributed by atoms with Crippen LogP contribution in [0.15, 0.2) is 22.4 Å². The van der Waals surface area contributed by atoms with Gasteiger partial charge in [0.1, 0.15) is 10.8 Å². The van der Waals surface area contributed by atoms with Crippen molar-refractivity contribution in [1.29, 1.82) is 0 Å². The van der Waals surface area contributed by atoms with Crippen LogP contribution in [0.4, 0.5) is 5.13 Å². The van der Waals surface area contributed by atoms with Crippen molar-refractivity contribution in [3.63, 3.8) is 0 Å². The van der Waals surface area contributed by atoms with Gasteiger partial charge in [-0.3, -0.25) is 15.1 Å². The Morgan fingerprint density at radius 2 is 2.25 bits per heavy atom. The number of aromatic nitrogens is 3. The second-order valence-electron chi connectivity index (χ2n) is 2.65. The summed E-state index contributed by atoms with van der Waals surface area (Å²) < 4.78 is 0.833. The lowest BCUT2D eigenvalue weighted by atomic mass is 10.4. The number of nitrogens with zero attached hydrogens (tertiary/aromatic N) is 3. The minimum Gasteiger partial charge on any atom is -0.296 e. The summed E-state index contributed by atoms with van der Waals surface area (Å²) in [5.41, 5.74) is 0.152. The van der Waals surface area contributed by atoms with E-state index in [1.165, 1.54) is 23.7 Å². The van der Waals surface area contributed by atoms with E-state index in [1.54, 1.807) is 6.20 Å². The van der Waals surface area contributed by atoms with Gasteiger partial charge in [0, 0.05) is 0 Å². The summed E-state index contributed by atoms with van der Waals surface area (Å²) in [5, 5.41) is 3.24. The molecule has 0 bridgehead atoms. The van der Waals surface area contributed by atoms with Crippen molar-refractivity contribution in [3.05, 3.63) is 33.2 Å². The number of hydrogen-bond acceptors (Lipinski definition) is 5. The third kappa shape index (κ3) is 2.75. The molecule has 0 aliphatic heterocycles. The van der Waals surface area contributed by atoms with Crippen molar-refractivity contribution >= 4 is 49.9 Å². The average molecular weight is 320 g/mol. The molecule has 1 N–H and O–H groups in total. The Hall–Kier alpha value is -1.05. The molecule has 0 fully saturated rings. The van der Waals surface area contributed by atoms with Crippen molar-refractivity contribution in [1.82, 2.24) is 15.0 Å². The number of anilines is 1. The maximum atomic E-state index is 11.7. The van der Waals surface area contributed by atoms with Crippen LogP contribution in [0, 0.1) is 0 Å². The first-order valence-electron chi connectivity index (χ1n) is 4.05. The van der Waals surface area contributed by atoms with Gasteiger partial charge in [0.05, 0.1) is 22.4 Å². The van der Waals surface area contributed by atoms with Crippen LogP contribution in [0.25, 0.3) is 0 Å². The van der Waals surface area contributed by atoms with E-state index >= 15 is 0 Å². The number of nitrogens with one attached hydrogen (secondary N) is 1. The Kier molecular flexibility index (Phi) is 3.47. The summed E-state index contributed by atoms with van der Waals surface area (Å²) in [4.78, 5) is 23.2. The first-order chi connectivity index (χ1) is 7.65. The van der Waals surface area contributed by atoms with Crippen molar-refractivity contribution in [2.45, 2.75) is 0 Å². The minimum absolute atomic E-state index is 0.152. The standard InChI is InChI=1S/C8H4BrClN4OS/c9-5-2-12-8(16-5)14-7(15)4-1-11-3-6(10)13-4/h1-3H,(H,12,14,15). The number of halogens is 2. The van der Waals surface area contributed by atoms with Gasteiger partial charge in [-0.25, -0.2) is 9.97 Å². The van der Waals surface area contributed by atoms with Crippen molar-refractivity contribution in [2.24, 2.45) is 0 Å². The van der Waals surface area contributed by atoms with E-state index < -0.39 is 5.91 Å². The summed E-state index contributed by atoms with van der Waals surface area (Å²) in [6.07, 6.45) is 4.30. The predicted molar refractivity (Wildman–Crippen MR) is 64.8 cm³/mol. The summed E-state index contributed by atoms with van der Waals surface area (Å²) in [5.74, 6) is -0.392. The number of amides is 1. The maximum absolute atomic E-state index is 11.7. The van der Waals surface area contributed by atoms with Gasteiger partial charge in [0.15, 0.2) is 5.13 Å². The lowest BCUT2D eigenvalue weighted by molar-refractivity contribution is 0.102. The molecular formula is C8H4BrClN4OS. The van der Waals surface area contributed by atoms with Gasteiger partial charge in [-0.1, -0.05) is 22.9 Å². The molecule has 0 aliphatic rings. The predicted octanol–water partition coefficient (Wildman–Crippen LogP) is 2.60. The van der Waals surface area contributed by atoms with Gasteiger partial charge >= 0.3 is 0 Å². The highest BCUT2D eigenvalue weighted by atomic mass is 79.9. The topological polar surface area (TPSA) is 67.8 Å². The molecule has 0 saturated heterocycles. The van der Waals surface area contributed by atoms with Crippen LogP contribution in [-0.2, 0) is 0 Å². The monoisotopic (exact) mass is 318 g/mol. The van der Waals surface area contributed by atoms with Crippen LogP contribution in [0.1, 0.15) is 10.5 Å². The molecule has 0 aromatic carbocycles. The van der Waals surface area contributed by atoms with Crippen molar-refractivity contribution in [3.8, 4) is 0 Å². The van der Waals surface area contributed by atoms with E-state index in [-0.39, 0.29) is 10.8 Å². The fourth-order valence-corrected chi connectivity index (χ4v) is 2.17. The molecule has 82 valence electrons. The van der Waals surface area contributed by atoms with Crippen LogP contribution < -0.4 is 5.32 Å². The van der Waals surface area contributed by atoms with Gasteiger partial charge in [-0.15, -0.1) is 0 Å². The first-order valence-corrected chi connectivity index (χ1v) is 6.04. The molecule has 2 rings (SSSR count). The Morgan fingerprint density at radius 1 is 1.44 bits per heavy atom. The lowest BCUT2D eigenvalue weighted by Gasteiger charge is -1.99. The fourth-order valence-electron chi connectivity index (χ4n) is 0.925. The Balaban J connectivity index is 2.14. The molecule has 0 aliphatic carbocycles. The minimum atomic E-state index is -0.392. The third-order valence-electron chi connectivity index (χ3n) is 1.54. The molecule has 0 atom stereocenters. The van der Waals surface area contributed by atoms with Crippen LogP contribution in [-0.4, -0.2) is 20.9 Å². The van der Waals surface area contributed by atoms with Crippen molar-refractivity contribution in [2.75, 3.05) is 5.32 Å². The molecule has 8 heteroatoms. The van der Waals surface area contributed by atoms with Gasteiger partial charge in [0.2, 0.25) is 0 Å². The smallest absolute Gasteiger partial charge is 0.277 e. The highest BCUT2D eigenvalue weighted by Gasteiger charge is 2.10. The van der Waals surface area contributed by atoms with E-state index in [2.05, 4.69) is 36.2 Å². The van der Waals surface area contributed by atoms with Crippen LogP contribution in [0.5, 0.6) is 0 Å². The second-order valence-corrected chi connectivity index (χ2v) is 5.45. The third-order valence-corrected chi connectivity index (χ3v) is 3.11. The average Bonchev–Trinajstić information content (AvgIpc) is 2.64. The van der Waals surface area contributed by atoms with Crippen LogP contribution in [0.3, 0.4) is 0 Å². The normalized spacial score (nSPS) is 10.1. The lowest BCUT2D eigenvalue weighted by Crippen LogP contribution is -2.13. The van der Waals surface area contributed by atoms with Crippen LogP contribution >= 0.6 is 38.9 Å². The molecule has 2 aromatic heterocycles. The van der Waals surface area contributed by atoms with E-state index in [1.807, 2.05) is 0 Å². The Morgan fingerprint density at radius 3 is 2.88 bits per heavy atom. The number of hydrogen-bond donors (Lipinski definition) is 1. The molecule has 1 amide bonds. The zero-order chi connectivity index (χ0) is 11.5. The highest BCUT2D eigenvalue weighted by molar-refractivity contribution is 9.11. The largest absolute Gasteiger partial charge is 0.296 e. The summed E-state index contributed by atoms with van der Waals surface area (Å²) >= 11 is 10.2. The van der Waals surface area contributed by atoms with E-state index in [0.717, 1.165) is 3.79 Å². The molecule has 0 saturated carbocycles. The first kappa shape index (κ1) is 11.4. The molecule has 2 aromatic rings. The number of rotatable bonds is 2. The number of carbonyl (C=O) groups is 1. The molecule has 0 spiro atoms. The van der Waals surface area contributed by atoms with Crippen LogP contribution in [0.2, 0.25) is 5.15 Å². The maximum Gasteiger partial charge on any atom is 0.277 e. The molecular weight excluding hydrogens is 316 g/mol. The van der Waals surface area contributed by atoms with E-state index in [0.29, 0.717) is 5.13 Å². The highest BCUT2D eigenvalue weighted by Crippen LogP contribution is 2.23. The zero-order valence-corrected chi connectivity index (χ0v) is 10.8. The summed E-state index contributed by atoms with van der Waals surface area (Å²) in [7, 11) is 0. The second kappa shape index (κ2) is 4.86. The molecule has 5 nitrogen and oxygen atoms in total. The van der Waals surface area contributed by atoms with Gasteiger partial charge in [-0.05, 0) is 15.9 Å². The molecule has 16 heavy (non-hydrogen) atoms. The number of carbonyl (C=O) groups excluding carboxylic acids is 1. The number of thiazole rings is 1. The Labute approximate surface area is 108 Å². The molecule has 0 unspecified atom stereocenters. The van der Waals surface area contributed by atoms with Crippen molar-refractivity contribution < 1.29 is 4.79 Å².